The lowest BCUT2D eigenvalue weighted by molar-refractivity contribution is -0.169. The molecule has 50 heavy (non-hydrogen) atoms. The van der Waals surface area contributed by atoms with Crippen molar-refractivity contribution in [1.29, 1.82) is 0 Å². The summed E-state index contributed by atoms with van der Waals surface area (Å²) in [6, 6.07) is 7.14. The van der Waals surface area contributed by atoms with Crippen LogP contribution < -0.4 is 10.6 Å². The molecule has 0 bridgehead atoms. The number of ether oxygens (including phenoxy) is 1. The molecule has 2 aliphatic heterocycles. The molecule has 1 atom stereocenters. The summed E-state index contributed by atoms with van der Waals surface area (Å²) in [4.78, 5) is 70.6. The smallest absolute Gasteiger partial charge is 0.320 e. The first-order valence-electron chi connectivity index (χ1n) is 16.9. The van der Waals surface area contributed by atoms with Crippen molar-refractivity contribution in [3.63, 3.8) is 0 Å². The molecule has 0 radical (unpaired) electrons. The quantitative estimate of drug-likeness (QED) is 0.124. The molecule has 5 N–H and O–H groups in total. The van der Waals surface area contributed by atoms with Crippen molar-refractivity contribution in [2.75, 3.05) is 85.7 Å². The van der Waals surface area contributed by atoms with E-state index in [-0.39, 0.29) is 70.6 Å². The van der Waals surface area contributed by atoms with Gasteiger partial charge in [-0.15, -0.1) is 0 Å². The predicted octanol–water partition coefficient (Wildman–Crippen LogP) is -0.520. The van der Waals surface area contributed by atoms with Gasteiger partial charge in [-0.25, -0.2) is 0 Å². The van der Waals surface area contributed by atoms with Gasteiger partial charge in [-0.1, -0.05) is 18.2 Å². The number of aryl methyl sites for hydroxylation is 1. The average molecular weight is 704 g/mol. The Morgan fingerprint density at radius 2 is 1.42 bits per heavy atom. The average Bonchev–Trinajstić information content (AvgIpc) is 3.41. The van der Waals surface area contributed by atoms with E-state index in [4.69, 9.17) is 9.57 Å². The molecule has 1 aromatic heterocycles. The number of hydroxylamine groups is 2. The van der Waals surface area contributed by atoms with Crippen LogP contribution in [-0.2, 0) is 53.2 Å². The van der Waals surface area contributed by atoms with E-state index in [2.05, 4.69) is 27.3 Å². The number of carbonyl (C=O) groups is 5. The molecule has 3 heterocycles. The number of para-hydroxylation sites is 1. The molecule has 2 amide bonds. The Kier molecular flexibility index (Phi) is 14.9. The van der Waals surface area contributed by atoms with E-state index in [1.54, 1.807) is 14.7 Å². The Hall–Kier alpha value is -4.13. The number of nitrogens with one attached hydrogen (secondary N) is 2. The normalized spacial score (nSPS) is 17.3. The van der Waals surface area contributed by atoms with Gasteiger partial charge in [0.05, 0.1) is 38.5 Å². The summed E-state index contributed by atoms with van der Waals surface area (Å²) in [6.45, 7) is 3.95. The lowest BCUT2D eigenvalue weighted by Gasteiger charge is -2.30. The number of aromatic nitrogens is 1. The van der Waals surface area contributed by atoms with Gasteiger partial charge in [0.15, 0.2) is 0 Å². The maximum Gasteiger partial charge on any atom is 0.320 e. The highest BCUT2D eigenvalue weighted by Gasteiger charge is 2.29. The molecule has 0 saturated carbocycles. The minimum Gasteiger partial charge on any atom is -0.480 e. The van der Waals surface area contributed by atoms with Gasteiger partial charge in [0.25, 0.3) is 0 Å². The van der Waals surface area contributed by atoms with Crippen LogP contribution in [0.15, 0.2) is 24.3 Å². The van der Waals surface area contributed by atoms with E-state index in [1.807, 2.05) is 24.2 Å². The lowest BCUT2D eigenvalue weighted by Crippen LogP contribution is -2.47. The van der Waals surface area contributed by atoms with Crippen molar-refractivity contribution in [2.45, 2.75) is 45.0 Å². The molecule has 2 aromatic rings. The second-order valence-electron chi connectivity index (χ2n) is 12.5. The number of hydrogen-bond acceptors (Lipinski definition) is 11. The zero-order valence-corrected chi connectivity index (χ0v) is 28.6. The van der Waals surface area contributed by atoms with Gasteiger partial charge in [0.2, 0.25) is 11.8 Å². The van der Waals surface area contributed by atoms with Crippen LogP contribution in [0.5, 0.6) is 0 Å². The maximum absolute atomic E-state index is 12.6. The fraction of sp³-hybridized carbons (Fsp3) is 0.606. The topological polar surface area (TPSA) is 206 Å². The summed E-state index contributed by atoms with van der Waals surface area (Å²) in [7, 11) is 1.90. The summed E-state index contributed by atoms with van der Waals surface area (Å²) < 4.78 is 7.70. The molecule has 276 valence electrons. The maximum atomic E-state index is 12.6. The van der Waals surface area contributed by atoms with Crippen LogP contribution in [0.1, 0.15) is 30.5 Å². The number of aliphatic carboxylic acids is 3. The number of rotatable bonds is 18. The van der Waals surface area contributed by atoms with Gasteiger partial charge >= 0.3 is 17.9 Å². The van der Waals surface area contributed by atoms with Crippen LogP contribution in [0.3, 0.4) is 0 Å². The Balaban J connectivity index is 1.13. The molecule has 1 unspecified atom stereocenters. The highest BCUT2D eigenvalue weighted by molar-refractivity contribution is 5.86. The van der Waals surface area contributed by atoms with Gasteiger partial charge in [-0.2, -0.15) is 5.06 Å². The molecule has 0 aliphatic carbocycles. The number of benzene rings is 1. The van der Waals surface area contributed by atoms with E-state index in [0.29, 0.717) is 58.8 Å². The molecule has 1 fully saturated rings. The fourth-order valence-electron chi connectivity index (χ4n) is 6.38. The third-order valence-electron chi connectivity index (χ3n) is 8.92. The van der Waals surface area contributed by atoms with E-state index in [9.17, 15) is 39.3 Å². The number of hydrogen-bond donors (Lipinski definition) is 5. The van der Waals surface area contributed by atoms with Gasteiger partial charge in [-0.05, 0) is 18.1 Å². The highest BCUT2D eigenvalue weighted by Crippen LogP contribution is 2.31. The largest absolute Gasteiger partial charge is 0.480 e. The monoisotopic (exact) mass is 703 g/mol. The number of fused-ring (bicyclic) bond motifs is 3. The van der Waals surface area contributed by atoms with Gasteiger partial charge in [0.1, 0.15) is 12.6 Å². The van der Waals surface area contributed by atoms with Crippen LogP contribution in [-0.4, -0.2) is 161 Å². The van der Waals surface area contributed by atoms with Crippen molar-refractivity contribution in [2.24, 2.45) is 0 Å². The molecule has 0 spiro atoms. The summed E-state index contributed by atoms with van der Waals surface area (Å²) in [6.07, 6.45) is 0.272. The van der Waals surface area contributed by atoms with Crippen LogP contribution in [0.2, 0.25) is 0 Å². The first-order valence-corrected chi connectivity index (χ1v) is 16.9. The summed E-state index contributed by atoms with van der Waals surface area (Å²) in [5.74, 6) is -3.61. The van der Waals surface area contributed by atoms with Gasteiger partial charge < -0.3 is 35.3 Å². The first kappa shape index (κ1) is 38.7. The fourth-order valence-corrected chi connectivity index (χ4v) is 6.38. The minimum atomic E-state index is -1.11. The number of amides is 2. The molecular weight excluding hydrogens is 654 g/mol. The molecule has 17 nitrogen and oxygen atoms in total. The SMILES string of the molecule is CN1Cc2c(n(CCC(=O)NCCOCCNC(=O)CCC(C(=O)O)N3CCN(CC(=O)O)CCN(CC(=O)O)CC3)c3ccccc23)CO1. The van der Waals surface area contributed by atoms with Crippen molar-refractivity contribution in [3.05, 3.63) is 35.5 Å². The van der Waals surface area contributed by atoms with Gasteiger partial charge in [-0.3, -0.25) is 43.5 Å². The minimum absolute atomic E-state index is 0.0254. The van der Waals surface area contributed by atoms with E-state index in [0.717, 1.165) is 11.2 Å². The molecule has 1 saturated heterocycles. The van der Waals surface area contributed by atoms with Gasteiger partial charge in [0, 0.05) is 89.7 Å². The highest BCUT2D eigenvalue weighted by atomic mass is 16.7. The van der Waals surface area contributed by atoms with E-state index < -0.39 is 23.9 Å². The second-order valence-corrected chi connectivity index (χ2v) is 12.5. The third-order valence-corrected chi connectivity index (χ3v) is 8.92. The number of carbonyl (C=O) groups excluding carboxylic acids is 2. The lowest BCUT2D eigenvalue weighted by atomic mass is 10.1. The van der Waals surface area contributed by atoms with Crippen LogP contribution in [0.25, 0.3) is 10.9 Å². The van der Waals surface area contributed by atoms with Crippen molar-refractivity contribution < 1.29 is 48.9 Å². The molecule has 1 aromatic carbocycles. The molecule has 17 heteroatoms. The Morgan fingerprint density at radius 3 is 2.02 bits per heavy atom. The number of carboxylic acids is 3. The van der Waals surface area contributed by atoms with Crippen LogP contribution in [0.4, 0.5) is 0 Å². The zero-order valence-electron chi connectivity index (χ0n) is 28.6. The zero-order chi connectivity index (χ0) is 36.0. The number of nitrogens with zero attached hydrogens (tertiary/aromatic N) is 5. The third kappa shape index (κ3) is 11.7. The summed E-state index contributed by atoms with van der Waals surface area (Å²) in [5, 5.41) is 37.0. The Bertz CT molecular complexity index is 1460. The standard InChI is InChI=1S/C33H49N7O10/c1-36-20-25-24-4-2-3-5-26(24)40(28(25)23-50-36)11-8-30(42)35-10-19-49-18-9-34-29(41)7-6-27(33(47)48)39-16-14-37(21-31(43)44)12-13-38(15-17-39)22-32(45)46/h2-5,27H,6-23H2,1H3,(H,34,41)(H,35,42)(H,43,44)(H,45,46)(H,47,48). The molecule has 4 rings (SSSR count). The predicted molar refractivity (Wildman–Crippen MR) is 180 cm³/mol. The summed E-state index contributed by atoms with van der Waals surface area (Å²) >= 11 is 0. The number of carboxylic acid groups (broad SMARTS) is 3. The van der Waals surface area contributed by atoms with E-state index in [1.165, 1.54) is 10.9 Å². The Morgan fingerprint density at radius 1 is 0.840 bits per heavy atom. The molecular formula is C33H49N7O10. The van der Waals surface area contributed by atoms with Crippen molar-refractivity contribution in [3.8, 4) is 0 Å². The second kappa shape index (κ2) is 19.3. The first-order chi connectivity index (χ1) is 24.0. The van der Waals surface area contributed by atoms with Crippen molar-refractivity contribution in [1.82, 2.24) is 35.0 Å². The molecule has 2 aliphatic rings. The van der Waals surface area contributed by atoms with Crippen molar-refractivity contribution >= 4 is 40.6 Å². The van der Waals surface area contributed by atoms with Crippen LogP contribution in [0, 0.1) is 0 Å². The van der Waals surface area contributed by atoms with E-state index >= 15 is 0 Å². The van der Waals surface area contributed by atoms with Crippen LogP contribution >= 0.6 is 0 Å². The summed E-state index contributed by atoms with van der Waals surface area (Å²) in [5.41, 5.74) is 3.38. The Labute approximate surface area is 290 Å².